The Bertz CT molecular complexity index is 848. The molecule has 3 aromatic rings. The second-order valence-electron chi connectivity index (χ2n) is 5.18. The van der Waals surface area contributed by atoms with Crippen LogP contribution in [0.5, 0.6) is 0 Å². The SMILES string of the molecule is CC(Cc1ccoc1)NC(=O)c1cc(=O)c2ccccc2o1. The summed E-state index contributed by atoms with van der Waals surface area (Å²) in [5.41, 5.74) is 1.17. The fraction of sp³-hybridized carbons (Fsp3) is 0.176. The van der Waals surface area contributed by atoms with Crippen LogP contribution in [0, 0.1) is 0 Å². The predicted octanol–water partition coefficient (Wildman–Crippen LogP) is 2.75. The molecule has 0 saturated heterocycles. The molecule has 0 saturated carbocycles. The molecule has 0 spiro atoms. The van der Waals surface area contributed by atoms with Crippen LogP contribution in [-0.4, -0.2) is 11.9 Å². The fourth-order valence-corrected chi connectivity index (χ4v) is 2.32. The summed E-state index contributed by atoms with van der Waals surface area (Å²) in [6, 6.07) is 9.82. The average Bonchev–Trinajstić information content (AvgIpc) is 3.00. The van der Waals surface area contributed by atoms with E-state index < -0.39 is 5.91 Å². The van der Waals surface area contributed by atoms with E-state index in [9.17, 15) is 9.59 Å². The highest BCUT2D eigenvalue weighted by atomic mass is 16.3. The highest BCUT2D eigenvalue weighted by molar-refractivity contribution is 5.93. The third-order valence-corrected chi connectivity index (χ3v) is 3.36. The summed E-state index contributed by atoms with van der Waals surface area (Å²) in [5, 5.41) is 3.28. The molecule has 0 aliphatic heterocycles. The fourth-order valence-electron chi connectivity index (χ4n) is 2.32. The van der Waals surface area contributed by atoms with Gasteiger partial charge in [-0.25, -0.2) is 0 Å². The first-order valence-electron chi connectivity index (χ1n) is 6.98. The maximum Gasteiger partial charge on any atom is 0.287 e. The van der Waals surface area contributed by atoms with Crippen molar-refractivity contribution in [2.75, 3.05) is 0 Å². The Balaban J connectivity index is 1.78. The number of para-hydroxylation sites is 1. The Kier molecular flexibility index (Phi) is 3.78. The monoisotopic (exact) mass is 297 g/mol. The minimum atomic E-state index is -0.404. The minimum absolute atomic E-state index is 0.0164. The largest absolute Gasteiger partial charge is 0.472 e. The predicted molar refractivity (Wildman–Crippen MR) is 81.8 cm³/mol. The molecule has 112 valence electrons. The Morgan fingerprint density at radius 3 is 2.86 bits per heavy atom. The van der Waals surface area contributed by atoms with Gasteiger partial charge in [-0.2, -0.15) is 0 Å². The standard InChI is InChI=1S/C17H15NO4/c1-11(8-12-6-7-21-10-12)18-17(20)16-9-14(19)13-4-2-3-5-15(13)22-16/h2-7,9-11H,8H2,1H3,(H,18,20). The molecule has 2 heterocycles. The van der Waals surface area contributed by atoms with Gasteiger partial charge in [0.25, 0.3) is 5.91 Å². The number of carbonyl (C=O) groups is 1. The molecular weight excluding hydrogens is 282 g/mol. The smallest absolute Gasteiger partial charge is 0.287 e. The van der Waals surface area contributed by atoms with Crippen molar-refractivity contribution in [3.63, 3.8) is 0 Å². The summed E-state index contributed by atoms with van der Waals surface area (Å²) in [4.78, 5) is 24.2. The molecule has 2 aromatic heterocycles. The molecule has 22 heavy (non-hydrogen) atoms. The summed E-state index contributed by atoms with van der Waals surface area (Å²) in [6.07, 6.45) is 3.87. The molecule has 3 rings (SSSR count). The van der Waals surface area contributed by atoms with Gasteiger partial charge in [0.15, 0.2) is 11.2 Å². The summed E-state index contributed by atoms with van der Waals surface area (Å²) >= 11 is 0. The second kappa shape index (κ2) is 5.89. The van der Waals surface area contributed by atoms with E-state index >= 15 is 0 Å². The van der Waals surface area contributed by atoms with Crippen molar-refractivity contribution in [2.45, 2.75) is 19.4 Å². The van der Waals surface area contributed by atoms with Gasteiger partial charge in [0.2, 0.25) is 0 Å². The topological polar surface area (TPSA) is 72.5 Å². The molecule has 1 aromatic carbocycles. The normalized spacial score (nSPS) is 12.2. The zero-order valence-electron chi connectivity index (χ0n) is 12.0. The Hall–Kier alpha value is -2.82. The van der Waals surface area contributed by atoms with E-state index in [0.717, 1.165) is 5.56 Å². The van der Waals surface area contributed by atoms with Gasteiger partial charge in [-0.1, -0.05) is 12.1 Å². The van der Waals surface area contributed by atoms with Gasteiger partial charge in [-0.3, -0.25) is 9.59 Å². The van der Waals surface area contributed by atoms with Crippen LogP contribution in [0.25, 0.3) is 11.0 Å². The van der Waals surface area contributed by atoms with E-state index in [1.54, 1.807) is 36.8 Å². The van der Waals surface area contributed by atoms with Crippen LogP contribution in [0.3, 0.4) is 0 Å². The van der Waals surface area contributed by atoms with E-state index in [-0.39, 0.29) is 17.2 Å². The lowest BCUT2D eigenvalue weighted by Gasteiger charge is -2.12. The number of amides is 1. The third kappa shape index (κ3) is 2.93. The van der Waals surface area contributed by atoms with Gasteiger partial charge < -0.3 is 14.2 Å². The molecule has 0 fully saturated rings. The molecule has 1 N–H and O–H groups in total. The van der Waals surface area contributed by atoms with Gasteiger partial charge in [0.05, 0.1) is 17.9 Å². The van der Waals surface area contributed by atoms with E-state index in [0.29, 0.717) is 17.4 Å². The van der Waals surface area contributed by atoms with Gasteiger partial charge in [0.1, 0.15) is 5.58 Å². The number of rotatable bonds is 4. The number of benzene rings is 1. The highest BCUT2D eigenvalue weighted by Gasteiger charge is 2.15. The van der Waals surface area contributed by atoms with Crippen molar-refractivity contribution in [2.24, 2.45) is 0 Å². The molecule has 0 radical (unpaired) electrons. The zero-order chi connectivity index (χ0) is 15.5. The zero-order valence-corrected chi connectivity index (χ0v) is 12.0. The van der Waals surface area contributed by atoms with Crippen molar-refractivity contribution in [3.8, 4) is 0 Å². The first kappa shape index (κ1) is 14.1. The van der Waals surface area contributed by atoms with Crippen LogP contribution < -0.4 is 10.7 Å². The lowest BCUT2D eigenvalue weighted by Crippen LogP contribution is -2.34. The molecule has 1 atom stereocenters. The summed E-state index contributed by atoms with van der Waals surface area (Å²) in [5.74, 6) is -0.387. The number of furan rings is 1. The van der Waals surface area contributed by atoms with Gasteiger partial charge >= 0.3 is 0 Å². The summed E-state index contributed by atoms with van der Waals surface area (Å²) < 4.78 is 10.5. The quantitative estimate of drug-likeness (QED) is 0.803. The van der Waals surface area contributed by atoms with Crippen molar-refractivity contribution >= 4 is 16.9 Å². The maximum absolute atomic E-state index is 12.2. The molecule has 0 bridgehead atoms. The van der Waals surface area contributed by atoms with Crippen molar-refractivity contribution in [1.82, 2.24) is 5.32 Å². The molecule has 1 unspecified atom stereocenters. The highest BCUT2D eigenvalue weighted by Crippen LogP contribution is 2.12. The first-order chi connectivity index (χ1) is 10.6. The maximum atomic E-state index is 12.2. The summed E-state index contributed by atoms with van der Waals surface area (Å²) in [6.45, 7) is 1.88. The molecule has 0 aliphatic rings. The summed E-state index contributed by atoms with van der Waals surface area (Å²) in [7, 11) is 0. The van der Waals surface area contributed by atoms with Crippen LogP contribution in [0.2, 0.25) is 0 Å². The number of hydrogen-bond acceptors (Lipinski definition) is 4. The van der Waals surface area contributed by atoms with Crippen molar-refractivity contribution in [3.05, 3.63) is 70.5 Å². The van der Waals surface area contributed by atoms with Gasteiger partial charge in [-0.05, 0) is 37.1 Å². The van der Waals surface area contributed by atoms with Crippen LogP contribution in [-0.2, 0) is 6.42 Å². The van der Waals surface area contributed by atoms with Crippen LogP contribution in [0.15, 0.2) is 62.6 Å². The number of carbonyl (C=O) groups excluding carboxylic acids is 1. The Morgan fingerprint density at radius 2 is 2.09 bits per heavy atom. The molecule has 0 aliphatic carbocycles. The molecular formula is C17H15NO4. The minimum Gasteiger partial charge on any atom is -0.472 e. The Morgan fingerprint density at radius 1 is 1.27 bits per heavy atom. The van der Waals surface area contributed by atoms with Crippen molar-refractivity contribution < 1.29 is 13.6 Å². The van der Waals surface area contributed by atoms with Gasteiger partial charge in [0, 0.05) is 12.1 Å². The first-order valence-corrected chi connectivity index (χ1v) is 6.98. The number of nitrogens with one attached hydrogen (secondary N) is 1. The Labute approximate surface area is 126 Å². The van der Waals surface area contributed by atoms with E-state index in [1.165, 1.54) is 6.07 Å². The van der Waals surface area contributed by atoms with Crippen LogP contribution in [0.1, 0.15) is 23.0 Å². The van der Waals surface area contributed by atoms with E-state index in [1.807, 2.05) is 13.0 Å². The average molecular weight is 297 g/mol. The molecule has 5 heteroatoms. The molecule has 1 amide bonds. The van der Waals surface area contributed by atoms with Crippen molar-refractivity contribution in [1.29, 1.82) is 0 Å². The molecule has 5 nitrogen and oxygen atoms in total. The van der Waals surface area contributed by atoms with Crippen LogP contribution >= 0.6 is 0 Å². The third-order valence-electron chi connectivity index (χ3n) is 3.36. The van der Waals surface area contributed by atoms with Crippen LogP contribution in [0.4, 0.5) is 0 Å². The number of fused-ring (bicyclic) bond motifs is 1. The van der Waals surface area contributed by atoms with E-state index in [4.69, 9.17) is 8.83 Å². The lowest BCUT2D eigenvalue weighted by molar-refractivity contribution is 0.0912. The number of hydrogen-bond donors (Lipinski definition) is 1. The second-order valence-corrected chi connectivity index (χ2v) is 5.18. The van der Waals surface area contributed by atoms with E-state index in [2.05, 4.69) is 5.32 Å². The lowest BCUT2D eigenvalue weighted by atomic mass is 10.1. The van der Waals surface area contributed by atoms with Gasteiger partial charge in [-0.15, -0.1) is 0 Å².